The van der Waals surface area contributed by atoms with Gasteiger partial charge in [-0.2, -0.15) is 12.6 Å². The van der Waals surface area contributed by atoms with Crippen LogP contribution >= 0.6 is 12.6 Å². The quantitative estimate of drug-likeness (QED) is 0.759. The van der Waals surface area contributed by atoms with Crippen LogP contribution in [0.2, 0.25) is 0 Å². The zero-order valence-corrected chi connectivity index (χ0v) is 11.8. The molecule has 1 aliphatic rings. The lowest BCUT2D eigenvalue weighted by Crippen LogP contribution is -2.28. The maximum atomic E-state index is 11.8. The largest absolute Gasteiger partial charge is 0.356 e. The highest BCUT2D eigenvalue weighted by Gasteiger charge is 2.42. The topological polar surface area (TPSA) is 29.1 Å². The Labute approximate surface area is 115 Å². The van der Waals surface area contributed by atoms with Crippen molar-refractivity contribution in [2.45, 2.75) is 32.6 Å². The maximum Gasteiger partial charge on any atom is 0.220 e. The first-order valence-electron chi connectivity index (χ1n) is 6.57. The van der Waals surface area contributed by atoms with Gasteiger partial charge in [0.05, 0.1) is 0 Å². The van der Waals surface area contributed by atoms with Gasteiger partial charge < -0.3 is 5.32 Å². The van der Waals surface area contributed by atoms with Crippen molar-refractivity contribution in [3.63, 3.8) is 0 Å². The van der Waals surface area contributed by atoms with Gasteiger partial charge >= 0.3 is 0 Å². The van der Waals surface area contributed by atoms with Gasteiger partial charge in [0.25, 0.3) is 0 Å². The molecular weight excluding hydrogens is 242 g/mol. The van der Waals surface area contributed by atoms with Gasteiger partial charge in [0.1, 0.15) is 0 Å². The SMILES string of the molecule is Cc1ccccc1CCNC(=O)CC1(CS)CC1. The molecule has 0 bridgehead atoms. The second-order valence-corrected chi connectivity index (χ2v) is 5.68. The second kappa shape index (κ2) is 5.79. The molecule has 1 aliphatic carbocycles. The molecule has 3 heteroatoms. The molecule has 2 nitrogen and oxygen atoms in total. The molecule has 0 saturated heterocycles. The molecule has 1 saturated carbocycles. The lowest BCUT2D eigenvalue weighted by molar-refractivity contribution is -0.122. The van der Waals surface area contributed by atoms with Crippen LogP contribution in [0.4, 0.5) is 0 Å². The number of hydrogen-bond donors (Lipinski definition) is 2. The number of aryl methyl sites for hydroxylation is 1. The first-order chi connectivity index (χ1) is 8.65. The highest BCUT2D eigenvalue weighted by Crippen LogP contribution is 2.49. The third-order valence-corrected chi connectivity index (χ3v) is 4.48. The normalized spacial score (nSPS) is 16.3. The summed E-state index contributed by atoms with van der Waals surface area (Å²) in [7, 11) is 0. The molecule has 0 spiro atoms. The van der Waals surface area contributed by atoms with Crippen molar-refractivity contribution in [1.29, 1.82) is 0 Å². The third-order valence-electron chi connectivity index (χ3n) is 3.81. The Balaban J connectivity index is 1.72. The van der Waals surface area contributed by atoms with E-state index in [2.05, 4.69) is 37.0 Å². The fourth-order valence-corrected chi connectivity index (χ4v) is 2.63. The van der Waals surface area contributed by atoms with Gasteiger partial charge in [0.15, 0.2) is 0 Å². The van der Waals surface area contributed by atoms with Gasteiger partial charge in [-0.15, -0.1) is 0 Å². The lowest BCUT2D eigenvalue weighted by atomic mass is 10.0. The fraction of sp³-hybridized carbons (Fsp3) is 0.533. The van der Waals surface area contributed by atoms with E-state index in [-0.39, 0.29) is 11.3 Å². The molecule has 1 N–H and O–H groups in total. The molecule has 18 heavy (non-hydrogen) atoms. The van der Waals surface area contributed by atoms with Crippen LogP contribution in [0.3, 0.4) is 0 Å². The summed E-state index contributed by atoms with van der Waals surface area (Å²) in [5.74, 6) is 1.01. The predicted octanol–water partition coefficient (Wildman–Crippen LogP) is 2.75. The molecule has 0 radical (unpaired) electrons. The summed E-state index contributed by atoms with van der Waals surface area (Å²) < 4.78 is 0. The molecule has 0 unspecified atom stereocenters. The van der Waals surface area contributed by atoms with E-state index < -0.39 is 0 Å². The second-order valence-electron chi connectivity index (χ2n) is 5.36. The number of carbonyl (C=O) groups is 1. The summed E-state index contributed by atoms with van der Waals surface area (Å²) in [6, 6.07) is 8.32. The standard InChI is InChI=1S/C15H21NOS/c1-12-4-2-3-5-13(12)6-9-16-14(17)10-15(11-18)7-8-15/h2-5,18H,6-11H2,1H3,(H,16,17). The third kappa shape index (κ3) is 3.52. The minimum absolute atomic E-state index is 0.176. The molecule has 0 aliphatic heterocycles. The van der Waals surface area contributed by atoms with E-state index in [1.807, 2.05) is 12.1 Å². The number of nitrogens with one attached hydrogen (secondary N) is 1. The molecule has 1 aromatic rings. The number of rotatable bonds is 6. The molecule has 0 aromatic heterocycles. The van der Waals surface area contributed by atoms with Gasteiger partial charge in [-0.1, -0.05) is 24.3 Å². The van der Waals surface area contributed by atoms with Crippen molar-refractivity contribution in [3.05, 3.63) is 35.4 Å². The van der Waals surface area contributed by atoms with Crippen LogP contribution in [-0.4, -0.2) is 18.2 Å². The first kappa shape index (κ1) is 13.5. The predicted molar refractivity (Wildman–Crippen MR) is 78.0 cm³/mol. The Kier molecular flexibility index (Phi) is 4.33. The van der Waals surface area contributed by atoms with Crippen molar-refractivity contribution >= 4 is 18.5 Å². The lowest BCUT2D eigenvalue weighted by Gasteiger charge is -2.12. The number of carbonyl (C=O) groups excluding carboxylic acids is 1. The first-order valence-corrected chi connectivity index (χ1v) is 7.21. The van der Waals surface area contributed by atoms with E-state index in [0.29, 0.717) is 6.42 Å². The molecular formula is C15H21NOS. The zero-order valence-electron chi connectivity index (χ0n) is 10.9. The molecule has 0 heterocycles. The van der Waals surface area contributed by atoms with Crippen LogP contribution in [0.1, 0.15) is 30.4 Å². The maximum absolute atomic E-state index is 11.8. The highest BCUT2D eigenvalue weighted by atomic mass is 32.1. The number of benzene rings is 1. The minimum Gasteiger partial charge on any atom is -0.356 e. The highest BCUT2D eigenvalue weighted by molar-refractivity contribution is 7.80. The molecule has 1 aromatic carbocycles. The summed E-state index contributed by atoms with van der Waals surface area (Å²) in [6.07, 6.45) is 3.86. The van der Waals surface area contributed by atoms with Gasteiger partial charge in [-0.3, -0.25) is 4.79 Å². The van der Waals surface area contributed by atoms with Gasteiger partial charge in [-0.05, 0) is 48.5 Å². The van der Waals surface area contributed by atoms with Crippen LogP contribution in [0.5, 0.6) is 0 Å². The van der Waals surface area contributed by atoms with Crippen molar-refractivity contribution in [3.8, 4) is 0 Å². The summed E-state index contributed by atoms with van der Waals surface area (Å²) >= 11 is 4.32. The zero-order chi connectivity index (χ0) is 13.0. The van der Waals surface area contributed by atoms with Crippen molar-refractivity contribution in [1.82, 2.24) is 5.32 Å². The average Bonchev–Trinajstić information content (AvgIpc) is 3.12. The van der Waals surface area contributed by atoms with E-state index in [9.17, 15) is 4.79 Å². The van der Waals surface area contributed by atoms with Crippen molar-refractivity contribution in [2.24, 2.45) is 5.41 Å². The van der Waals surface area contributed by atoms with E-state index in [1.54, 1.807) is 0 Å². The molecule has 98 valence electrons. The van der Waals surface area contributed by atoms with Crippen LogP contribution in [0.15, 0.2) is 24.3 Å². The fourth-order valence-electron chi connectivity index (χ4n) is 2.20. The summed E-state index contributed by atoms with van der Waals surface area (Å²) in [6.45, 7) is 2.84. The van der Waals surface area contributed by atoms with E-state index in [0.717, 1.165) is 31.6 Å². The average molecular weight is 263 g/mol. The van der Waals surface area contributed by atoms with E-state index in [1.165, 1.54) is 11.1 Å². The number of thiol groups is 1. The van der Waals surface area contributed by atoms with Gasteiger partial charge in [0, 0.05) is 13.0 Å². The Morgan fingerprint density at radius 2 is 2.11 bits per heavy atom. The number of hydrogen-bond acceptors (Lipinski definition) is 2. The molecule has 1 amide bonds. The van der Waals surface area contributed by atoms with Gasteiger partial charge in [-0.25, -0.2) is 0 Å². The minimum atomic E-state index is 0.176. The summed E-state index contributed by atoms with van der Waals surface area (Å²) in [5, 5.41) is 3.02. The van der Waals surface area contributed by atoms with Crippen LogP contribution in [-0.2, 0) is 11.2 Å². The van der Waals surface area contributed by atoms with Crippen LogP contribution in [0.25, 0.3) is 0 Å². The van der Waals surface area contributed by atoms with Crippen LogP contribution < -0.4 is 5.32 Å². The van der Waals surface area contributed by atoms with Crippen LogP contribution in [0, 0.1) is 12.3 Å². The number of amides is 1. The van der Waals surface area contributed by atoms with E-state index >= 15 is 0 Å². The Morgan fingerprint density at radius 1 is 1.39 bits per heavy atom. The van der Waals surface area contributed by atoms with E-state index in [4.69, 9.17) is 0 Å². The molecule has 1 fully saturated rings. The summed E-state index contributed by atoms with van der Waals surface area (Å²) in [5.41, 5.74) is 2.82. The Bertz CT molecular complexity index is 426. The smallest absolute Gasteiger partial charge is 0.220 e. The monoisotopic (exact) mass is 263 g/mol. The Morgan fingerprint density at radius 3 is 2.72 bits per heavy atom. The Hall–Kier alpha value is -0.960. The molecule has 0 atom stereocenters. The molecule has 2 rings (SSSR count). The van der Waals surface area contributed by atoms with Crippen molar-refractivity contribution < 1.29 is 4.79 Å². The van der Waals surface area contributed by atoms with Crippen molar-refractivity contribution in [2.75, 3.05) is 12.3 Å². The summed E-state index contributed by atoms with van der Waals surface area (Å²) in [4.78, 5) is 11.8. The van der Waals surface area contributed by atoms with Gasteiger partial charge in [0.2, 0.25) is 5.91 Å².